The largest absolute Gasteiger partial charge is 0.394 e. The summed E-state index contributed by atoms with van der Waals surface area (Å²) in [6.07, 6.45) is 4.21. The summed E-state index contributed by atoms with van der Waals surface area (Å²) in [5, 5.41) is 12.2. The first-order chi connectivity index (χ1) is 10.9. The molecule has 0 saturated heterocycles. The van der Waals surface area contributed by atoms with Crippen LogP contribution in [0.15, 0.2) is 15.7 Å². The molecule has 4 N–H and O–H groups in total. The average Bonchev–Trinajstić information content (AvgIpc) is 2.45. The van der Waals surface area contributed by atoms with Gasteiger partial charge in [-0.3, -0.25) is 18.8 Å². The van der Waals surface area contributed by atoms with Crippen LogP contribution < -0.4 is 16.6 Å². The molecule has 0 bridgehead atoms. The predicted octanol–water partition coefficient (Wildman–Crippen LogP) is -1.07. The number of rotatable bonds is 8. The van der Waals surface area contributed by atoms with Gasteiger partial charge in [0.25, 0.3) is 5.56 Å². The number of aryl methyl sites for hydroxylation is 1. The van der Waals surface area contributed by atoms with Crippen molar-refractivity contribution in [2.75, 3.05) is 23.7 Å². The van der Waals surface area contributed by atoms with E-state index in [1.54, 1.807) is 0 Å². The fraction of sp³-hybridized carbons (Fsp3) is 0.462. The number of aromatic amines is 2. The van der Waals surface area contributed by atoms with Crippen molar-refractivity contribution >= 4 is 34.5 Å². The van der Waals surface area contributed by atoms with Gasteiger partial charge in [-0.2, -0.15) is 11.8 Å². The first kappa shape index (κ1) is 19.4. The topological polar surface area (TPSA) is 132 Å². The molecule has 0 unspecified atom stereocenters. The van der Waals surface area contributed by atoms with Crippen LogP contribution >= 0.6 is 11.8 Å². The van der Waals surface area contributed by atoms with E-state index in [9.17, 15) is 23.7 Å². The maximum atomic E-state index is 11.8. The lowest BCUT2D eigenvalue weighted by Crippen LogP contribution is -2.40. The number of aromatic nitrogens is 2. The standard InChI is InChI=1S/C13H19N3O5S2/c1-8-10(12(19)16-13(20)14-8)3-4-11(18)15-9(5-17)6-23(21)7-22-2/h3-4,9,17H,5-7H2,1-2H3,(H,15,18)(H2,14,16,19,20)/b4-3+/t9-,23+/m0/s1. The molecule has 128 valence electrons. The van der Waals surface area contributed by atoms with E-state index in [1.165, 1.54) is 24.8 Å². The van der Waals surface area contributed by atoms with Crippen LogP contribution in [0.2, 0.25) is 0 Å². The maximum Gasteiger partial charge on any atom is 0.325 e. The van der Waals surface area contributed by atoms with E-state index >= 15 is 0 Å². The smallest absolute Gasteiger partial charge is 0.325 e. The molecule has 0 saturated carbocycles. The van der Waals surface area contributed by atoms with Gasteiger partial charge < -0.3 is 15.4 Å². The molecule has 1 aromatic rings. The van der Waals surface area contributed by atoms with Gasteiger partial charge in [0, 0.05) is 28.3 Å². The highest BCUT2D eigenvalue weighted by Crippen LogP contribution is 2.00. The highest BCUT2D eigenvalue weighted by atomic mass is 32.2. The minimum Gasteiger partial charge on any atom is -0.394 e. The predicted molar refractivity (Wildman–Crippen MR) is 91.9 cm³/mol. The fourth-order valence-corrected chi connectivity index (χ4v) is 3.84. The average molecular weight is 361 g/mol. The van der Waals surface area contributed by atoms with Gasteiger partial charge in [0.05, 0.1) is 23.3 Å². The van der Waals surface area contributed by atoms with Gasteiger partial charge in [0.15, 0.2) is 0 Å². The molecule has 1 rings (SSSR count). The van der Waals surface area contributed by atoms with E-state index in [4.69, 9.17) is 0 Å². The van der Waals surface area contributed by atoms with Crippen LogP contribution in [0.3, 0.4) is 0 Å². The molecule has 1 aromatic heterocycles. The van der Waals surface area contributed by atoms with Crippen molar-refractivity contribution in [1.29, 1.82) is 0 Å². The van der Waals surface area contributed by atoms with Crippen LogP contribution in [-0.2, 0) is 15.6 Å². The normalized spacial score (nSPS) is 13.9. The third-order valence-corrected chi connectivity index (χ3v) is 5.55. The summed E-state index contributed by atoms with van der Waals surface area (Å²) < 4.78 is 11.6. The fourth-order valence-electron chi connectivity index (χ4n) is 1.76. The van der Waals surface area contributed by atoms with Gasteiger partial charge in [-0.25, -0.2) is 4.79 Å². The molecule has 0 radical (unpaired) electrons. The lowest BCUT2D eigenvalue weighted by Gasteiger charge is -2.14. The summed E-state index contributed by atoms with van der Waals surface area (Å²) in [6.45, 7) is 1.20. The van der Waals surface area contributed by atoms with E-state index in [-0.39, 0.29) is 17.9 Å². The van der Waals surface area contributed by atoms with E-state index in [2.05, 4.69) is 15.3 Å². The van der Waals surface area contributed by atoms with E-state index in [1.807, 2.05) is 6.26 Å². The zero-order valence-electron chi connectivity index (χ0n) is 12.8. The number of hydrogen-bond donors (Lipinski definition) is 4. The molecule has 1 heterocycles. The summed E-state index contributed by atoms with van der Waals surface area (Å²) in [5.74, 6) is -0.384. The van der Waals surface area contributed by atoms with E-state index in [0.29, 0.717) is 10.8 Å². The quantitative estimate of drug-likeness (QED) is 0.436. The number of carbonyl (C=O) groups is 1. The van der Waals surface area contributed by atoms with Crippen LogP contribution in [0.5, 0.6) is 0 Å². The Kier molecular flexibility index (Phi) is 8.00. The van der Waals surface area contributed by atoms with Gasteiger partial charge in [0.1, 0.15) is 0 Å². The zero-order valence-corrected chi connectivity index (χ0v) is 14.4. The second kappa shape index (κ2) is 9.48. The Morgan fingerprint density at radius 2 is 2.13 bits per heavy atom. The Bertz CT molecular complexity index is 710. The molecule has 1 amide bonds. The van der Waals surface area contributed by atoms with Gasteiger partial charge in [-0.05, 0) is 19.3 Å². The molecule has 0 spiro atoms. The number of nitrogens with one attached hydrogen (secondary N) is 3. The number of hydrogen-bond acceptors (Lipinski definition) is 6. The zero-order chi connectivity index (χ0) is 17.4. The van der Waals surface area contributed by atoms with Gasteiger partial charge in [-0.1, -0.05) is 0 Å². The second-order valence-corrected chi connectivity index (χ2v) is 7.41. The molecule has 0 fully saturated rings. The first-order valence-corrected chi connectivity index (χ1v) is 9.52. The first-order valence-electron chi connectivity index (χ1n) is 6.64. The Morgan fingerprint density at radius 1 is 1.43 bits per heavy atom. The Balaban J connectivity index is 2.74. The van der Waals surface area contributed by atoms with Gasteiger partial charge in [0.2, 0.25) is 5.91 Å². The molecule has 8 nitrogen and oxygen atoms in total. The molecular weight excluding hydrogens is 342 g/mol. The van der Waals surface area contributed by atoms with Crippen molar-refractivity contribution in [3.63, 3.8) is 0 Å². The Hall–Kier alpha value is -1.65. The third-order valence-electron chi connectivity index (χ3n) is 2.78. The lowest BCUT2D eigenvalue weighted by atomic mass is 10.2. The number of aliphatic hydroxyl groups excluding tert-OH is 1. The van der Waals surface area contributed by atoms with Crippen molar-refractivity contribution in [3.8, 4) is 0 Å². The molecule has 0 aliphatic carbocycles. The maximum absolute atomic E-state index is 11.8. The van der Waals surface area contributed by atoms with Crippen LogP contribution in [0.25, 0.3) is 6.08 Å². The molecule has 10 heteroatoms. The minimum absolute atomic E-state index is 0.148. The molecule has 0 aromatic carbocycles. The van der Waals surface area contributed by atoms with Crippen LogP contribution in [0.4, 0.5) is 0 Å². The monoisotopic (exact) mass is 361 g/mol. The van der Waals surface area contributed by atoms with Crippen molar-refractivity contribution < 1.29 is 14.1 Å². The van der Waals surface area contributed by atoms with Crippen LogP contribution in [0.1, 0.15) is 11.3 Å². The van der Waals surface area contributed by atoms with Crippen molar-refractivity contribution in [2.45, 2.75) is 13.0 Å². The number of carbonyl (C=O) groups excluding carboxylic acids is 1. The molecule has 2 atom stereocenters. The minimum atomic E-state index is -1.15. The number of aliphatic hydroxyl groups is 1. The summed E-state index contributed by atoms with van der Waals surface area (Å²) in [6, 6.07) is -0.630. The number of thioether (sulfide) groups is 1. The summed E-state index contributed by atoms with van der Waals surface area (Å²) >= 11 is 1.42. The van der Waals surface area contributed by atoms with Crippen LogP contribution in [-0.4, -0.2) is 54.9 Å². The third kappa shape index (κ3) is 6.55. The Labute approximate surface area is 139 Å². The van der Waals surface area contributed by atoms with E-state index in [0.717, 1.165) is 6.08 Å². The SMILES string of the molecule is CSC[S@](=O)C[C@H](CO)NC(=O)/C=C/c1c(C)[nH]c(=O)[nH]c1=O. The molecule has 0 aliphatic rings. The van der Waals surface area contributed by atoms with Gasteiger partial charge >= 0.3 is 5.69 Å². The van der Waals surface area contributed by atoms with E-state index < -0.39 is 34.0 Å². The summed E-state index contributed by atoms with van der Waals surface area (Å²) in [4.78, 5) is 39.0. The number of H-pyrrole nitrogens is 2. The van der Waals surface area contributed by atoms with Crippen molar-refractivity contribution in [3.05, 3.63) is 38.2 Å². The number of amides is 1. The summed E-state index contributed by atoms with van der Waals surface area (Å²) in [5.41, 5.74) is -0.727. The molecule has 0 aliphatic heterocycles. The van der Waals surface area contributed by atoms with Crippen LogP contribution in [0, 0.1) is 6.92 Å². The highest BCUT2D eigenvalue weighted by Gasteiger charge is 2.13. The van der Waals surface area contributed by atoms with Crippen molar-refractivity contribution in [1.82, 2.24) is 15.3 Å². The lowest BCUT2D eigenvalue weighted by molar-refractivity contribution is -0.117. The van der Waals surface area contributed by atoms with Gasteiger partial charge in [-0.15, -0.1) is 0 Å². The molecular formula is C13H19N3O5S2. The molecule has 23 heavy (non-hydrogen) atoms. The highest BCUT2D eigenvalue weighted by molar-refractivity contribution is 8.09. The Morgan fingerprint density at radius 3 is 2.70 bits per heavy atom. The second-order valence-electron chi connectivity index (χ2n) is 4.68. The summed E-state index contributed by atoms with van der Waals surface area (Å²) in [7, 11) is -1.15. The van der Waals surface area contributed by atoms with Crippen molar-refractivity contribution in [2.24, 2.45) is 0 Å².